The zero-order valence-corrected chi connectivity index (χ0v) is 19.8. The Balaban J connectivity index is 1.06. The maximum atomic E-state index is 13.3. The van der Waals surface area contributed by atoms with Gasteiger partial charge in [-0.2, -0.15) is 0 Å². The van der Waals surface area contributed by atoms with Crippen molar-refractivity contribution < 1.29 is 24.2 Å². The molecular formula is C28H30N2O5. The minimum absolute atomic E-state index is 0.0110. The van der Waals surface area contributed by atoms with Crippen molar-refractivity contribution in [2.75, 3.05) is 13.2 Å². The molecule has 2 aromatic rings. The Morgan fingerprint density at radius 3 is 2.34 bits per heavy atom. The number of carboxylic acid groups (broad SMARTS) is 1. The molecule has 6 rings (SSSR count). The number of amides is 2. The van der Waals surface area contributed by atoms with Crippen molar-refractivity contribution in [3.05, 3.63) is 59.7 Å². The third-order valence-corrected chi connectivity index (χ3v) is 8.84. The Morgan fingerprint density at radius 2 is 1.71 bits per heavy atom. The van der Waals surface area contributed by atoms with Gasteiger partial charge >= 0.3 is 12.1 Å². The minimum Gasteiger partial charge on any atom is -0.481 e. The van der Waals surface area contributed by atoms with Crippen LogP contribution in [0.25, 0.3) is 11.1 Å². The van der Waals surface area contributed by atoms with Crippen molar-refractivity contribution >= 4 is 18.0 Å². The number of carbonyl (C=O) groups excluding carboxylic acids is 2. The fourth-order valence-corrected chi connectivity index (χ4v) is 6.91. The lowest BCUT2D eigenvalue weighted by Crippen LogP contribution is -2.43. The number of nitrogens with zero attached hydrogens (tertiary/aromatic N) is 1. The molecule has 1 heterocycles. The van der Waals surface area contributed by atoms with E-state index in [2.05, 4.69) is 29.6 Å². The normalized spacial score (nSPS) is 30.4. The van der Waals surface area contributed by atoms with E-state index < -0.39 is 23.4 Å². The van der Waals surface area contributed by atoms with E-state index in [1.54, 1.807) is 4.90 Å². The standard InChI is InChI=1S/C28H30N2O5/c1-16-19(25(31)32)10-11-30(16)26(33)28-13-17(28)12-18(14-28)29-27(34)35-15-24-22-8-4-2-6-20(22)21-7-3-5-9-23(21)24/h2-9,16-19,24H,10-15H2,1H3,(H,29,34)(H,31,32). The summed E-state index contributed by atoms with van der Waals surface area (Å²) in [5, 5.41) is 12.4. The summed E-state index contributed by atoms with van der Waals surface area (Å²) in [6.45, 7) is 2.59. The predicted octanol–water partition coefficient (Wildman–Crippen LogP) is 4.02. The summed E-state index contributed by atoms with van der Waals surface area (Å²) in [5.74, 6) is -1.000. The molecule has 7 nitrogen and oxygen atoms in total. The molecule has 4 aliphatic rings. The minimum atomic E-state index is -0.834. The van der Waals surface area contributed by atoms with Crippen LogP contribution in [-0.4, -0.2) is 53.2 Å². The highest BCUT2D eigenvalue weighted by atomic mass is 16.5. The van der Waals surface area contributed by atoms with Gasteiger partial charge in [0.05, 0.1) is 11.3 Å². The fraction of sp³-hybridized carbons (Fsp3) is 0.464. The molecule has 2 saturated carbocycles. The van der Waals surface area contributed by atoms with Gasteiger partial charge in [0.1, 0.15) is 6.61 Å². The Labute approximate surface area is 204 Å². The van der Waals surface area contributed by atoms with Gasteiger partial charge in [-0.3, -0.25) is 9.59 Å². The van der Waals surface area contributed by atoms with E-state index in [9.17, 15) is 19.5 Å². The quantitative estimate of drug-likeness (QED) is 0.683. The summed E-state index contributed by atoms with van der Waals surface area (Å²) >= 11 is 0. The van der Waals surface area contributed by atoms with Crippen LogP contribution in [0.3, 0.4) is 0 Å². The monoisotopic (exact) mass is 474 g/mol. The maximum absolute atomic E-state index is 13.3. The van der Waals surface area contributed by atoms with Crippen LogP contribution < -0.4 is 5.32 Å². The van der Waals surface area contributed by atoms with Gasteiger partial charge in [-0.15, -0.1) is 0 Å². The molecule has 2 aromatic carbocycles. The smallest absolute Gasteiger partial charge is 0.407 e. The van der Waals surface area contributed by atoms with Crippen molar-refractivity contribution in [2.45, 2.75) is 50.6 Å². The van der Waals surface area contributed by atoms with Crippen LogP contribution in [0.2, 0.25) is 0 Å². The molecule has 1 saturated heterocycles. The number of aliphatic carboxylic acids is 1. The lowest BCUT2D eigenvalue weighted by molar-refractivity contribution is -0.144. The summed E-state index contributed by atoms with van der Waals surface area (Å²) in [6.07, 6.45) is 2.25. The molecule has 0 radical (unpaired) electrons. The van der Waals surface area contributed by atoms with Crippen molar-refractivity contribution in [1.82, 2.24) is 10.2 Å². The molecule has 0 spiro atoms. The number of carbonyl (C=O) groups is 3. The number of carboxylic acids is 1. The highest BCUT2D eigenvalue weighted by Gasteiger charge is 2.66. The molecule has 3 fully saturated rings. The van der Waals surface area contributed by atoms with Gasteiger partial charge in [-0.05, 0) is 60.8 Å². The van der Waals surface area contributed by atoms with Gasteiger partial charge in [0, 0.05) is 24.5 Å². The average Bonchev–Trinajstić information content (AvgIpc) is 3.12. The first-order valence-electron chi connectivity index (χ1n) is 12.5. The van der Waals surface area contributed by atoms with Gasteiger partial charge in [0.2, 0.25) is 5.91 Å². The largest absolute Gasteiger partial charge is 0.481 e. The number of likely N-dealkylation sites (tertiary alicyclic amines) is 1. The van der Waals surface area contributed by atoms with Crippen LogP contribution in [0.4, 0.5) is 4.79 Å². The molecule has 0 aromatic heterocycles. The van der Waals surface area contributed by atoms with E-state index in [0.717, 1.165) is 12.8 Å². The van der Waals surface area contributed by atoms with E-state index in [0.29, 0.717) is 19.4 Å². The first-order valence-corrected chi connectivity index (χ1v) is 12.5. The number of ether oxygens (including phenoxy) is 1. The second-order valence-corrected chi connectivity index (χ2v) is 10.6. The zero-order chi connectivity index (χ0) is 24.3. The molecule has 2 amide bonds. The topological polar surface area (TPSA) is 95.9 Å². The molecule has 5 atom stereocenters. The van der Waals surface area contributed by atoms with E-state index in [-0.39, 0.29) is 36.4 Å². The molecule has 5 unspecified atom stereocenters. The fourth-order valence-electron chi connectivity index (χ4n) is 6.91. The summed E-state index contributed by atoms with van der Waals surface area (Å²) in [7, 11) is 0. The lowest BCUT2D eigenvalue weighted by Gasteiger charge is -2.28. The Kier molecular flexibility index (Phi) is 5.13. The number of rotatable bonds is 5. The third kappa shape index (κ3) is 3.51. The highest BCUT2D eigenvalue weighted by molar-refractivity contribution is 5.88. The van der Waals surface area contributed by atoms with Crippen LogP contribution >= 0.6 is 0 Å². The number of alkyl carbamates (subject to hydrolysis) is 1. The van der Waals surface area contributed by atoms with Crippen molar-refractivity contribution in [3.8, 4) is 11.1 Å². The number of hydrogen-bond acceptors (Lipinski definition) is 4. The first kappa shape index (κ1) is 22.1. The molecule has 1 aliphatic heterocycles. The number of benzene rings is 2. The van der Waals surface area contributed by atoms with E-state index in [4.69, 9.17) is 4.74 Å². The second-order valence-electron chi connectivity index (χ2n) is 10.6. The Bertz CT molecular complexity index is 1170. The van der Waals surface area contributed by atoms with Crippen LogP contribution in [0.5, 0.6) is 0 Å². The van der Waals surface area contributed by atoms with Gasteiger partial charge in [0.25, 0.3) is 0 Å². The molecule has 182 valence electrons. The van der Waals surface area contributed by atoms with E-state index in [1.807, 2.05) is 31.2 Å². The van der Waals surface area contributed by atoms with Gasteiger partial charge < -0.3 is 20.1 Å². The molecule has 7 heteroatoms. The predicted molar refractivity (Wildman–Crippen MR) is 129 cm³/mol. The Hall–Kier alpha value is -3.35. The second kappa shape index (κ2) is 8.11. The average molecular weight is 475 g/mol. The summed E-state index contributed by atoms with van der Waals surface area (Å²) in [5.41, 5.74) is 4.28. The molecule has 3 aliphatic carbocycles. The summed E-state index contributed by atoms with van der Waals surface area (Å²) < 4.78 is 5.69. The first-order chi connectivity index (χ1) is 16.9. The van der Waals surface area contributed by atoms with Crippen molar-refractivity contribution in [1.29, 1.82) is 0 Å². The molecular weight excluding hydrogens is 444 g/mol. The number of fused-ring (bicyclic) bond motifs is 4. The summed E-state index contributed by atoms with van der Waals surface area (Å²) in [6, 6.07) is 16.1. The van der Waals surface area contributed by atoms with Crippen LogP contribution in [-0.2, 0) is 14.3 Å². The Morgan fingerprint density at radius 1 is 1.06 bits per heavy atom. The van der Waals surface area contributed by atoms with Crippen LogP contribution in [0, 0.1) is 17.3 Å². The maximum Gasteiger partial charge on any atom is 0.407 e. The number of nitrogens with one attached hydrogen (secondary N) is 1. The van der Waals surface area contributed by atoms with Gasteiger partial charge in [0.15, 0.2) is 0 Å². The van der Waals surface area contributed by atoms with Gasteiger partial charge in [-0.25, -0.2) is 4.79 Å². The van der Waals surface area contributed by atoms with Crippen LogP contribution in [0.1, 0.15) is 49.7 Å². The lowest BCUT2D eigenvalue weighted by atomic mass is 9.98. The van der Waals surface area contributed by atoms with Crippen molar-refractivity contribution in [3.63, 3.8) is 0 Å². The molecule has 35 heavy (non-hydrogen) atoms. The molecule has 0 bridgehead atoms. The van der Waals surface area contributed by atoms with E-state index >= 15 is 0 Å². The summed E-state index contributed by atoms with van der Waals surface area (Å²) in [4.78, 5) is 39.3. The van der Waals surface area contributed by atoms with Gasteiger partial charge in [-0.1, -0.05) is 48.5 Å². The number of hydrogen-bond donors (Lipinski definition) is 2. The molecule has 2 N–H and O–H groups in total. The highest BCUT2D eigenvalue weighted by Crippen LogP contribution is 2.64. The van der Waals surface area contributed by atoms with E-state index in [1.165, 1.54) is 22.3 Å². The SMILES string of the molecule is CC1C(C(=O)O)CCN1C(=O)C12CC(NC(=O)OCC3c4ccccc4-c4ccccc43)CC1C2. The van der Waals surface area contributed by atoms with Crippen LogP contribution in [0.15, 0.2) is 48.5 Å². The van der Waals surface area contributed by atoms with Crippen molar-refractivity contribution in [2.24, 2.45) is 17.3 Å². The zero-order valence-electron chi connectivity index (χ0n) is 19.8. The third-order valence-electron chi connectivity index (χ3n) is 8.84.